The maximum Gasteiger partial charge on any atom is 0.229 e. The van der Waals surface area contributed by atoms with Gasteiger partial charge < -0.3 is 34.6 Å². The summed E-state index contributed by atoms with van der Waals surface area (Å²) in [6.45, 7) is 2.90. The molecule has 1 aliphatic rings. The monoisotopic (exact) mass is 455 g/mol. The van der Waals surface area contributed by atoms with Crippen LogP contribution in [0.3, 0.4) is 0 Å². The number of nitrogens with zero attached hydrogens (tertiary/aromatic N) is 5. The Balaban J connectivity index is 1.83. The first-order valence-electron chi connectivity index (χ1n) is 10.9. The topological polar surface area (TPSA) is 124 Å². The second-order valence-corrected chi connectivity index (χ2v) is 7.63. The molecule has 0 amide bonds. The van der Waals surface area contributed by atoms with Gasteiger partial charge in [-0.05, 0) is 30.3 Å². The SMILES string of the molecule is COc1ccc(-c2ccc3c(N4CCOCC4)nc(N(CCO)CCO)nc3n2)cc1CO. The molecule has 10 nitrogen and oxygen atoms in total. The summed E-state index contributed by atoms with van der Waals surface area (Å²) in [4.78, 5) is 18.2. The van der Waals surface area contributed by atoms with E-state index in [1.807, 2.05) is 30.3 Å². The minimum Gasteiger partial charge on any atom is -0.496 e. The number of pyridine rings is 1. The van der Waals surface area contributed by atoms with Crippen molar-refractivity contribution in [3.63, 3.8) is 0 Å². The number of ether oxygens (including phenoxy) is 2. The fourth-order valence-electron chi connectivity index (χ4n) is 3.92. The molecule has 0 radical (unpaired) electrons. The lowest BCUT2D eigenvalue weighted by Crippen LogP contribution is -2.38. The zero-order chi connectivity index (χ0) is 23.2. The number of fused-ring (bicyclic) bond motifs is 1. The molecule has 33 heavy (non-hydrogen) atoms. The van der Waals surface area contributed by atoms with E-state index in [1.165, 1.54) is 0 Å². The molecular weight excluding hydrogens is 426 g/mol. The molecule has 0 atom stereocenters. The summed E-state index contributed by atoms with van der Waals surface area (Å²) >= 11 is 0. The van der Waals surface area contributed by atoms with Crippen LogP contribution in [0, 0.1) is 0 Å². The lowest BCUT2D eigenvalue weighted by molar-refractivity contribution is 0.122. The van der Waals surface area contributed by atoms with Crippen molar-refractivity contribution in [3.8, 4) is 17.0 Å². The van der Waals surface area contributed by atoms with Gasteiger partial charge in [0.1, 0.15) is 11.6 Å². The number of aromatic nitrogens is 3. The van der Waals surface area contributed by atoms with E-state index in [0.29, 0.717) is 68.0 Å². The van der Waals surface area contributed by atoms with Crippen LogP contribution in [0.5, 0.6) is 5.75 Å². The largest absolute Gasteiger partial charge is 0.496 e. The quantitative estimate of drug-likeness (QED) is 0.427. The van der Waals surface area contributed by atoms with Crippen molar-refractivity contribution >= 4 is 22.8 Å². The van der Waals surface area contributed by atoms with E-state index in [2.05, 4.69) is 9.88 Å². The first-order chi connectivity index (χ1) is 16.2. The molecule has 4 rings (SSSR count). The minimum atomic E-state index is -0.143. The normalized spacial score (nSPS) is 14.0. The van der Waals surface area contributed by atoms with Crippen molar-refractivity contribution in [1.82, 2.24) is 15.0 Å². The van der Waals surface area contributed by atoms with Gasteiger partial charge in [-0.25, -0.2) is 4.98 Å². The first kappa shape index (κ1) is 23.1. The van der Waals surface area contributed by atoms with Crippen LogP contribution in [0.2, 0.25) is 0 Å². The molecule has 3 aromatic rings. The molecule has 0 aliphatic carbocycles. The molecule has 3 N–H and O–H groups in total. The van der Waals surface area contributed by atoms with Gasteiger partial charge in [-0.3, -0.25) is 0 Å². The number of hydrogen-bond acceptors (Lipinski definition) is 10. The number of morpholine rings is 1. The van der Waals surface area contributed by atoms with Crippen molar-refractivity contribution in [2.24, 2.45) is 0 Å². The molecule has 3 heterocycles. The van der Waals surface area contributed by atoms with Crippen LogP contribution >= 0.6 is 0 Å². The van der Waals surface area contributed by atoms with Gasteiger partial charge in [-0.1, -0.05) is 0 Å². The van der Waals surface area contributed by atoms with Crippen molar-refractivity contribution in [3.05, 3.63) is 35.9 Å². The van der Waals surface area contributed by atoms with Crippen LogP contribution in [0.25, 0.3) is 22.3 Å². The predicted octanol–water partition coefficient (Wildman–Crippen LogP) is 0.820. The van der Waals surface area contributed by atoms with Gasteiger partial charge in [-0.15, -0.1) is 0 Å². The lowest BCUT2D eigenvalue weighted by atomic mass is 10.1. The third kappa shape index (κ3) is 4.98. The third-order valence-corrected chi connectivity index (χ3v) is 5.61. The minimum absolute atomic E-state index is 0.0858. The van der Waals surface area contributed by atoms with E-state index in [4.69, 9.17) is 19.4 Å². The van der Waals surface area contributed by atoms with Gasteiger partial charge in [0.15, 0.2) is 5.65 Å². The predicted molar refractivity (Wildman–Crippen MR) is 125 cm³/mol. The Hall–Kier alpha value is -3.05. The Morgan fingerprint density at radius 2 is 1.76 bits per heavy atom. The fourth-order valence-corrected chi connectivity index (χ4v) is 3.92. The van der Waals surface area contributed by atoms with E-state index in [0.717, 1.165) is 16.8 Å². The van der Waals surface area contributed by atoms with Crippen LogP contribution < -0.4 is 14.5 Å². The smallest absolute Gasteiger partial charge is 0.229 e. The Kier molecular flexibility index (Phi) is 7.50. The summed E-state index contributed by atoms with van der Waals surface area (Å²) < 4.78 is 10.8. The molecule has 176 valence electrons. The zero-order valence-corrected chi connectivity index (χ0v) is 18.6. The second kappa shape index (κ2) is 10.7. The molecule has 0 unspecified atom stereocenters. The molecular formula is C23H29N5O5. The second-order valence-electron chi connectivity index (χ2n) is 7.63. The van der Waals surface area contributed by atoms with Crippen LogP contribution in [-0.4, -0.2) is 90.0 Å². The molecule has 1 aromatic carbocycles. The van der Waals surface area contributed by atoms with Crippen LogP contribution in [-0.2, 0) is 11.3 Å². The lowest BCUT2D eigenvalue weighted by Gasteiger charge is -2.30. The highest BCUT2D eigenvalue weighted by molar-refractivity contribution is 5.90. The van der Waals surface area contributed by atoms with Gasteiger partial charge in [0, 0.05) is 37.3 Å². The number of aliphatic hydroxyl groups excluding tert-OH is 3. The molecule has 1 aliphatic heterocycles. The number of methoxy groups -OCH3 is 1. The van der Waals surface area contributed by atoms with Gasteiger partial charge in [0.25, 0.3) is 0 Å². The third-order valence-electron chi connectivity index (χ3n) is 5.61. The molecule has 0 bridgehead atoms. The first-order valence-corrected chi connectivity index (χ1v) is 10.9. The van der Waals surface area contributed by atoms with Gasteiger partial charge in [0.2, 0.25) is 5.95 Å². The van der Waals surface area contributed by atoms with E-state index < -0.39 is 0 Å². The Morgan fingerprint density at radius 1 is 1.00 bits per heavy atom. The van der Waals surface area contributed by atoms with Crippen LogP contribution in [0.4, 0.5) is 11.8 Å². The zero-order valence-electron chi connectivity index (χ0n) is 18.6. The molecule has 10 heteroatoms. The van der Waals surface area contributed by atoms with Crippen LogP contribution in [0.15, 0.2) is 30.3 Å². The Labute approximate surface area is 192 Å². The maximum absolute atomic E-state index is 9.69. The Bertz CT molecular complexity index is 1080. The molecule has 0 saturated carbocycles. The Morgan fingerprint density at radius 3 is 2.42 bits per heavy atom. The summed E-state index contributed by atoms with van der Waals surface area (Å²) in [5.41, 5.74) is 2.72. The maximum atomic E-state index is 9.69. The highest BCUT2D eigenvalue weighted by Crippen LogP contribution is 2.30. The summed E-state index contributed by atoms with van der Waals surface area (Å²) in [6.07, 6.45) is 0. The number of rotatable bonds is 9. The average molecular weight is 456 g/mol. The van der Waals surface area contributed by atoms with Gasteiger partial charge >= 0.3 is 0 Å². The molecule has 1 saturated heterocycles. The molecule has 2 aromatic heterocycles. The summed E-state index contributed by atoms with van der Waals surface area (Å²) in [7, 11) is 1.57. The molecule has 1 fully saturated rings. The van der Waals surface area contributed by atoms with Crippen molar-refractivity contribution < 1.29 is 24.8 Å². The number of anilines is 2. The summed E-state index contributed by atoms with van der Waals surface area (Å²) in [5.74, 6) is 1.77. The number of benzene rings is 1. The van der Waals surface area contributed by atoms with Gasteiger partial charge in [-0.2, -0.15) is 9.97 Å². The summed E-state index contributed by atoms with van der Waals surface area (Å²) in [6, 6.07) is 9.42. The van der Waals surface area contributed by atoms with Gasteiger partial charge in [0.05, 0.1) is 51.2 Å². The standard InChI is InChI=1S/C23H29N5O5/c1-32-20-5-2-16(14-17(20)15-31)19-4-3-18-21(24-19)25-23(28(6-10-29)7-11-30)26-22(18)27-8-12-33-13-9-27/h2-5,14,29-31H,6-13,15H2,1H3. The van der Waals surface area contributed by atoms with Crippen LogP contribution in [0.1, 0.15) is 5.56 Å². The fraction of sp³-hybridized carbons (Fsp3) is 0.435. The highest BCUT2D eigenvalue weighted by atomic mass is 16.5. The van der Waals surface area contributed by atoms with Crippen molar-refractivity contribution in [1.29, 1.82) is 0 Å². The summed E-state index contributed by atoms with van der Waals surface area (Å²) in [5, 5.41) is 29.5. The van der Waals surface area contributed by atoms with E-state index >= 15 is 0 Å². The van der Waals surface area contributed by atoms with E-state index in [1.54, 1.807) is 12.0 Å². The number of aliphatic hydroxyl groups is 3. The van der Waals surface area contributed by atoms with Crippen molar-refractivity contribution in [2.75, 3.05) is 69.5 Å². The highest BCUT2D eigenvalue weighted by Gasteiger charge is 2.21. The van der Waals surface area contributed by atoms with Crippen molar-refractivity contribution in [2.45, 2.75) is 6.61 Å². The van der Waals surface area contributed by atoms with E-state index in [-0.39, 0.29) is 19.8 Å². The molecule has 0 spiro atoms. The van der Waals surface area contributed by atoms with E-state index in [9.17, 15) is 15.3 Å². The number of hydrogen-bond donors (Lipinski definition) is 3. The average Bonchev–Trinajstić information content (AvgIpc) is 2.87.